The number of sulfone groups is 1. The second-order valence-corrected chi connectivity index (χ2v) is 8.33. The van der Waals surface area contributed by atoms with E-state index in [4.69, 9.17) is 0 Å². The van der Waals surface area contributed by atoms with Gasteiger partial charge in [-0.2, -0.15) is 5.10 Å². The Balaban J connectivity index is 1.99. The molecule has 1 aliphatic heterocycles. The van der Waals surface area contributed by atoms with Crippen molar-refractivity contribution < 1.29 is 18.0 Å². The number of aromatic nitrogens is 3. The lowest BCUT2D eigenvalue weighted by molar-refractivity contribution is 0.0832. The van der Waals surface area contributed by atoms with Crippen LogP contribution in [0.15, 0.2) is 12.3 Å². The Morgan fingerprint density at radius 3 is 2.72 bits per heavy atom. The molecule has 1 fully saturated rings. The van der Waals surface area contributed by atoms with E-state index in [1.165, 1.54) is 20.3 Å². The number of aryl methyl sites for hydroxylation is 1. The zero-order valence-corrected chi connectivity index (χ0v) is 15.0. The predicted octanol–water partition coefficient (Wildman–Crippen LogP) is 0.511. The standard InChI is InChI=1S/C15H19N5O4S/c1-9-12-6-10(14(21)19(3)15(22)16-2)7-17-13(12)20(18-9)11-4-5-25(23,24)8-11/h6-7,11H,4-5,8H2,1-3H3,(H,16,22)/t11-/m1/s1. The van der Waals surface area contributed by atoms with Crippen molar-refractivity contribution in [3.8, 4) is 0 Å². The van der Waals surface area contributed by atoms with E-state index in [-0.39, 0.29) is 23.1 Å². The van der Waals surface area contributed by atoms with Crippen LogP contribution in [-0.4, -0.2) is 65.6 Å². The van der Waals surface area contributed by atoms with Crippen molar-refractivity contribution in [2.24, 2.45) is 0 Å². The third kappa shape index (κ3) is 3.09. The van der Waals surface area contributed by atoms with Gasteiger partial charge < -0.3 is 5.32 Å². The molecular weight excluding hydrogens is 346 g/mol. The maximum absolute atomic E-state index is 12.4. The number of imide groups is 1. The lowest BCUT2D eigenvalue weighted by atomic mass is 10.2. The molecule has 25 heavy (non-hydrogen) atoms. The molecule has 1 N–H and O–H groups in total. The molecule has 2 aromatic rings. The first kappa shape index (κ1) is 17.3. The van der Waals surface area contributed by atoms with Crippen molar-refractivity contribution in [2.45, 2.75) is 19.4 Å². The Morgan fingerprint density at radius 2 is 2.12 bits per heavy atom. The van der Waals surface area contributed by atoms with E-state index >= 15 is 0 Å². The van der Waals surface area contributed by atoms with Crippen molar-refractivity contribution in [1.82, 2.24) is 25.0 Å². The average Bonchev–Trinajstić information content (AvgIpc) is 3.12. The third-order valence-corrected chi connectivity index (χ3v) is 6.11. The lowest BCUT2D eigenvalue weighted by Gasteiger charge is -2.14. The molecule has 0 unspecified atom stereocenters. The van der Waals surface area contributed by atoms with Gasteiger partial charge in [-0.3, -0.25) is 9.69 Å². The Morgan fingerprint density at radius 1 is 1.40 bits per heavy atom. The van der Waals surface area contributed by atoms with Gasteiger partial charge in [-0.25, -0.2) is 22.9 Å². The molecule has 3 amide bonds. The van der Waals surface area contributed by atoms with Gasteiger partial charge in [-0.05, 0) is 19.4 Å². The summed E-state index contributed by atoms with van der Waals surface area (Å²) in [7, 11) is -0.220. The van der Waals surface area contributed by atoms with Gasteiger partial charge in [0.1, 0.15) is 0 Å². The maximum atomic E-state index is 12.4. The van der Waals surface area contributed by atoms with Gasteiger partial charge >= 0.3 is 6.03 Å². The van der Waals surface area contributed by atoms with E-state index in [0.717, 1.165) is 4.90 Å². The van der Waals surface area contributed by atoms with Gasteiger partial charge in [0, 0.05) is 25.7 Å². The van der Waals surface area contributed by atoms with Gasteiger partial charge in [0.15, 0.2) is 15.5 Å². The SMILES string of the molecule is CNC(=O)N(C)C(=O)c1cnc2c(c1)c(C)nn2[C@@H]1CCS(=O)(=O)C1. The number of hydrogen-bond acceptors (Lipinski definition) is 6. The van der Waals surface area contributed by atoms with Crippen molar-refractivity contribution in [1.29, 1.82) is 0 Å². The summed E-state index contributed by atoms with van der Waals surface area (Å²) in [5.41, 5.74) is 1.46. The zero-order valence-electron chi connectivity index (χ0n) is 14.2. The number of urea groups is 1. The number of amides is 3. The smallest absolute Gasteiger partial charge is 0.323 e. The van der Waals surface area contributed by atoms with Crippen LogP contribution in [0.3, 0.4) is 0 Å². The minimum absolute atomic E-state index is 0.0466. The molecule has 3 rings (SSSR count). The molecule has 1 saturated heterocycles. The molecule has 0 bridgehead atoms. The Kier molecular flexibility index (Phi) is 4.23. The van der Waals surface area contributed by atoms with Gasteiger partial charge in [0.05, 0.1) is 28.8 Å². The summed E-state index contributed by atoms with van der Waals surface area (Å²) < 4.78 is 25.1. The third-order valence-electron chi connectivity index (χ3n) is 4.36. The van der Waals surface area contributed by atoms with Crippen LogP contribution >= 0.6 is 0 Å². The van der Waals surface area contributed by atoms with E-state index in [0.29, 0.717) is 23.1 Å². The number of rotatable bonds is 2. The Hall–Kier alpha value is -2.49. The quantitative estimate of drug-likeness (QED) is 0.829. The fraction of sp³-hybridized carbons (Fsp3) is 0.467. The van der Waals surface area contributed by atoms with Gasteiger partial charge in [-0.15, -0.1) is 0 Å². The van der Waals surface area contributed by atoms with Crippen molar-refractivity contribution >= 4 is 32.8 Å². The summed E-state index contributed by atoms with van der Waals surface area (Å²) in [6.07, 6.45) is 1.88. The van der Waals surface area contributed by atoms with Gasteiger partial charge in [0.25, 0.3) is 5.91 Å². The molecule has 1 aliphatic rings. The van der Waals surface area contributed by atoms with Crippen LogP contribution in [0.1, 0.15) is 28.5 Å². The molecule has 134 valence electrons. The fourth-order valence-electron chi connectivity index (χ4n) is 2.96. The number of carbonyl (C=O) groups excluding carboxylic acids is 2. The molecular formula is C15H19N5O4S. The Bertz CT molecular complexity index is 966. The number of nitrogens with one attached hydrogen (secondary N) is 1. The molecule has 0 radical (unpaired) electrons. The molecule has 9 nitrogen and oxygen atoms in total. The number of nitrogens with zero attached hydrogens (tertiary/aromatic N) is 4. The largest absolute Gasteiger partial charge is 0.341 e. The number of hydrogen-bond donors (Lipinski definition) is 1. The van der Waals surface area contributed by atoms with Crippen molar-refractivity contribution in [2.75, 3.05) is 25.6 Å². The molecule has 2 aromatic heterocycles. The van der Waals surface area contributed by atoms with Crippen molar-refractivity contribution in [3.05, 3.63) is 23.5 Å². The predicted molar refractivity (Wildman–Crippen MR) is 91.1 cm³/mol. The monoisotopic (exact) mass is 365 g/mol. The van der Waals surface area contributed by atoms with Crippen LogP contribution in [0.2, 0.25) is 0 Å². The molecule has 10 heteroatoms. The van der Waals surface area contributed by atoms with Crippen LogP contribution in [-0.2, 0) is 9.84 Å². The molecule has 0 aromatic carbocycles. The molecule has 1 atom stereocenters. The van der Waals surface area contributed by atoms with E-state index in [2.05, 4.69) is 15.4 Å². The van der Waals surface area contributed by atoms with Gasteiger partial charge in [-0.1, -0.05) is 0 Å². The number of fused-ring (bicyclic) bond motifs is 1. The molecule has 0 spiro atoms. The normalized spacial score (nSPS) is 19.1. The minimum atomic E-state index is -3.04. The first-order chi connectivity index (χ1) is 11.7. The Labute approximate surface area is 144 Å². The van der Waals surface area contributed by atoms with Crippen LogP contribution in [0.25, 0.3) is 11.0 Å². The minimum Gasteiger partial charge on any atom is -0.341 e. The average molecular weight is 365 g/mol. The van der Waals surface area contributed by atoms with Gasteiger partial charge in [0.2, 0.25) is 0 Å². The first-order valence-corrected chi connectivity index (χ1v) is 9.60. The highest BCUT2D eigenvalue weighted by atomic mass is 32.2. The van der Waals surface area contributed by atoms with Crippen LogP contribution in [0.4, 0.5) is 4.79 Å². The first-order valence-electron chi connectivity index (χ1n) is 7.78. The van der Waals surface area contributed by atoms with E-state index in [1.807, 2.05) is 0 Å². The summed E-state index contributed by atoms with van der Waals surface area (Å²) >= 11 is 0. The summed E-state index contributed by atoms with van der Waals surface area (Å²) in [4.78, 5) is 29.2. The van der Waals surface area contributed by atoms with Crippen LogP contribution in [0.5, 0.6) is 0 Å². The second kappa shape index (κ2) is 6.10. The lowest BCUT2D eigenvalue weighted by Crippen LogP contribution is -2.39. The summed E-state index contributed by atoms with van der Waals surface area (Å²) in [5, 5.41) is 7.47. The molecule has 0 aliphatic carbocycles. The van der Waals surface area contributed by atoms with E-state index in [9.17, 15) is 18.0 Å². The highest BCUT2D eigenvalue weighted by Gasteiger charge is 2.31. The molecule has 0 saturated carbocycles. The highest BCUT2D eigenvalue weighted by Crippen LogP contribution is 2.28. The zero-order chi connectivity index (χ0) is 18.4. The number of carbonyl (C=O) groups is 2. The summed E-state index contributed by atoms with van der Waals surface area (Å²) in [6.45, 7) is 1.78. The van der Waals surface area contributed by atoms with Crippen LogP contribution < -0.4 is 5.32 Å². The van der Waals surface area contributed by atoms with Crippen LogP contribution in [0, 0.1) is 6.92 Å². The summed E-state index contributed by atoms with van der Waals surface area (Å²) in [5.74, 6) is -0.291. The fourth-order valence-corrected chi connectivity index (χ4v) is 4.65. The second-order valence-electron chi connectivity index (χ2n) is 6.10. The summed E-state index contributed by atoms with van der Waals surface area (Å²) in [6, 6.07) is 0.865. The maximum Gasteiger partial charge on any atom is 0.323 e. The van der Waals surface area contributed by atoms with E-state index in [1.54, 1.807) is 17.7 Å². The van der Waals surface area contributed by atoms with Crippen molar-refractivity contribution in [3.63, 3.8) is 0 Å². The highest BCUT2D eigenvalue weighted by molar-refractivity contribution is 7.91. The topological polar surface area (TPSA) is 114 Å². The number of pyridine rings is 1. The van der Waals surface area contributed by atoms with E-state index < -0.39 is 21.8 Å². The molecule has 3 heterocycles.